The highest BCUT2D eigenvalue weighted by Crippen LogP contribution is 2.15. The van der Waals surface area contributed by atoms with Crippen molar-refractivity contribution < 1.29 is 17.6 Å². The van der Waals surface area contributed by atoms with Crippen molar-refractivity contribution in [1.29, 1.82) is 0 Å². The molecule has 2 aromatic carbocycles. The Kier molecular flexibility index (Phi) is 5.69. The molecule has 0 aliphatic carbocycles. The molecule has 0 spiro atoms. The molecule has 0 aliphatic heterocycles. The molecule has 0 aliphatic rings. The van der Waals surface area contributed by atoms with E-state index in [1.807, 2.05) is 31.2 Å². The van der Waals surface area contributed by atoms with E-state index in [-0.39, 0.29) is 10.5 Å². The van der Waals surface area contributed by atoms with Gasteiger partial charge in [-0.15, -0.1) is 0 Å². The van der Waals surface area contributed by atoms with Gasteiger partial charge >= 0.3 is 0 Å². The Morgan fingerprint density at radius 3 is 2.54 bits per heavy atom. The van der Waals surface area contributed by atoms with Crippen LogP contribution in [0.25, 0.3) is 0 Å². The van der Waals surface area contributed by atoms with Gasteiger partial charge in [-0.25, -0.2) is 17.5 Å². The molecular formula is C17H19FN2O3S. The van der Waals surface area contributed by atoms with Crippen LogP contribution in [0.2, 0.25) is 0 Å². The van der Waals surface area contributed by atoms with E-state index in [0.29, 0.717) is 13.0 Å². The number of nitrogens with one attached hydrogen (secondary N) is 2. The van der Waals surface area contributed by atoms with Crippen molar-refractivity contribution in [3.05, 3.63) is 65.0 Å². The van der Waals surface area contributed by atoms with Gasteiger partial charge in [0, 0.05) is 6.54 Å². The summed E-state index contributed by atoms with van der Waals surface area (Å²) in [7, 11) is -2.49. The van der Waals surface area contributed by atoms with Crippen LogP contribution >= 0.6 is 0 Å². The molecule has 0 heterocycles. The first-order valence-electron chi connectivity index (χ1n) is 7.41. The molecule has 2 N–H and O–H groups in total. The fourth-order valence-corrected chi connectivity index (χ4v) is 3.02. The van der Waals surface area contributed by atoms with E-state index in [0.717, 1.165) is 29.3 Å². The van der Waals surface area contributed by atoms with Gasteiger partial charge in [-0.3, -0.25) is 4.79 Å². The van der Waals surface area contributed by atoms with Gasteiger partial charge in [0.2, 0.25) is 10.0 Å². The molecule has 0 saturated heterocycles. The van der Waals surface area contributed by atoms with Crippen molar-refractivity contribution in [2.45, 2.75) is 18.2 Å². The van der Waals surface area contributed by atoms with Crippen LogP contribution in [0.3, 0.4) is 0 Å². The van der Waals surface area contributed by atoms with Gasteiger partial charge in [0.25, 0.3) is 5.91 Å². The van der Waals surface area contributed by atoms with Gasteiger partial charge in [0.1, 0.15) is 5.82 Å². The molecule has 0 aromatic heterocycles. The molecule has 0 atom stereocenters. The third-order valence-corrected chi connectivity index (χ3v) is 5.11. The molecule has 128 valence electrons. The number of carbonyl (C=O) groups excluding carboxylic acids is 1. The number of aryl methyl sites for hydroxylation is 1. The number of halogens is 1. The third-order valence-electron chi connectivity index (χ3n) is 3.70. The molecule has 7 heteroatoms. The third kappa shape index (κ3) is 4.18. The van der Waals surface area contributed by atoms with Crippen LogP contribution < -0.4 is 10.0 Å². The van der Waals surface area contributed by atoms with Crippen molar-refractivity contribution in [2.75, 3.05) is 13.6 Å². The molecule has 2 rings (SSSR count). The van der Waals surface area contributed by atoms with E-state index in [1.165, 1.54) is 7.05 Å². The summed E-state index contributed by atoms with van der Waals surface area (Å²) in [5.74, 6) is -1.41. The van der Waals surface area contributed by atoms with E-state index in [4.69, 9.17) is 0 Å². The Hall–Kier alpha value is -2.25. The number of hydrogen-bond donors (Lipinski definition) is 2. The second-order valence-corrected chi connectivity index (χ2v) is 7.17. The van der Waals surface area contributed by atoms with Gasteiger partial charge in [0.05, 0.1) is 10.5 Å². The largest absolute Gasteiger partial charge is 0.352 e. The van der Waals surface area contributed by atoms with Gasteiger partial charge in [-0.1, -0.05) is 24.3 Å². The predicted molar refractivity (Wildman–Crippen MR) is 89.9 cm³/mol. The zero-order valence-electron chi connectivity index (χ0n) is 13.5. The van der Waals surface area contributed by atoms with Crippen molar-refractivity contribution in [3.8, 4) is 0 Å². The lowest BCUT2D eigenvalue weighted by molar-refractivity contribution is 0.0950. The monoisotopic (exact) mass is 350 g/mol. The quantitative estimate of drug-likeness (QED) is 0.837. The molecule has 0 bridgehead atoms. The van der Waals surface area contributed by atoms with Crippen LogP contribution in [0.5, 0.6) is 0 Å². The summed E-state index contributed by atoms with van der Waals surface area (Å²) in [6, 6.07) is 10.9. The molecule has 2 aromatic rings. The highest BCUT2D eigenvalue weighted by atomic mass is 32.2. The Labute approximate surface area is 141 Å². The zero-order valence-corrected chi connectivity index (χ0v) is 14.3. The lowest BCUT2D eigenvalue weighted by Gasteiger charge is -2.09. The first-order valence-corrected chi connectivity index (χ1v) is 8.89. The Morgan fingerprint density at radius 1 is 1.17 bits per heavy atom. The summed E-state index contributed by atoms with van der Waals surface area (Å²) >= 11 is 0. The minimum Gasteiger partial charge on any atom is -0.352 e. The van der Waals surface area contributed by atoms with Crippen LogP contribution in [-0.2, 0) is 16.4 Å². The maximum absolute atomic E-state index is 13.9. The highest BCUT2D eigenvalue weighted by Gasteiger charge is 2.18. The minimum atomic E-state index is -3.74. The minimum absolute atomic E-state index is 0.157. The molecule has 0 saturated carbocycles. The van der Waals surface area contributed by atoms with Crippen LogP contribution in [0.1, 0.15) is 21.5 Å². The summed E-state index contributed by atoms with van der Waals surface area (Å²) in [6.45, 7) is 2.30. The number of amides is 1. The first kappa shape index (κ1) is 18.1. The number of carbonyl (C=O) groups is 1. The summed E-state index contributed by atoms with van der Waals surface area (Å²) in [4.78, 5) is 12.0. The second-order valence-electron chi connectivity index (χ2n) is 5.28. The van der Waals surface area contributed by atoms with E-state index in [9.17, 15) is 17.6 Å². The van der Waals surface area contributed by atoms with Crippen molar-refractivity contribution in [3.63, 3.8) is 0 Å². The lowest BCUT2D eigenvalue weighted by Crippen LogP contribution is -2.27. The summed E-state index contributed by atoms with van der Waals surface area (Å²) < 4.78 is 39.5. The van der Waals surface area contributed by atoms with Gasteiger partial charge in [-0.2, -0.15) is 0 Å². The van der Waals surface area contributed by atoms with Gasteiger partial charge in [-0.05, 0) is 49.7 Å². The molecule has 1 amide bonds. The molecule has 0 fully saturated rings. The molecule has 0 radical (unpaired) electrons. The summed E-state index contributed by atoms with van der Waals surface area (Å²) in [5, 5.41) is 2.62. The van der Waals surface area contributed by atoms with E-state index >= 15 is 0 Å². The number of sulfonamides is 1. The Morgan fingerprint density at radius 2 is 1.88 bits per heavy atom. The van der Waals surface area contributed by atoms with Gasteiger partial charge < -0.3 is 5.32 Å². The fraction of sp³-hybridized carbons (Fsp3) is 0.235. The topological polar surface area (TPSA) is 75.3 Å². The maximum Gasteiger partial charge on any atom is 0.254 e. The fourth-order valence-electron chi connectivity index (χ4n) is 2.26. The number of rotatable bonds is 6. The lowest BCUT2D eigenvalue weighted by atomic mass is 10.1. The Bertz CT molecular complexity index is 851. The van der Waals surface area contributed by atoms with Crippen LogP contribution in [0, 0.1) is 12.7 Å². The van der Waals surface area contributed by atoms with Crippen molar-refractivity contribution in [1.82, 2.24) is 10.0 Å². The van der Waals surface area contributed by atoms with Crippen molar-refractivity contribution >= 4 is 15.9 Å². The summed E-state index contributed by atoms with van der Waals surface area (Å²) in [5.41, 5.74) is 1.90. The second kappa shape index (κ2) is 7.55. The maximum atomic E-state index is 13.9. The zero-order chi connectivity index (χ0) is 17.7. The average molecular weight is 350 g/mol. The molecule has 5 nitrogen and oxygen atoms in total. The highest BCUT2D eigenvalue weighted by molar-refractivity contribution is 7.89. The predicted octanol–water partition coefficient (Wildman–Crippen LogP) is 2.01. The van der Waals surface area contributed by atoms with Crippen molar-refractivity contribution in [2.24, 2.45) is 0 Å². The first-order chi connectivity index (χ1) is 11.3. The van der Waals surface area contributed by atoms with E-state index in [1.54, 1.807) is 0 Å². The molecular weight excluding hydrogens is 331 g/mol. The van der Waals surface area contributed by atoms with Crippen LogP contribution in [0.15, 0.2) is 47.4 Å². The SMILES string of the molecule is CNS(=O)(=O)c1ccc(F)c(C(=O)NCCc2ccccc2C)c1. The van der Waals surface area contributed by atoms with Crippen LogP contribution in [0.4, 0.5) is 4.39 Å². The molecule has 24 heavy (non-hydrogen) atoms. The smallest absolute Gasteiger partial charge is 0.254 e. The summed E-state index contributed by atoms with van der Waals surface area (Å²) in [6.07, 6.45) is 0.606. The van der Waals surface area contributed by atoms with Crippen LogP contribution in [-0.4, -0.2) is 27.9 Å². The average Bonchev–Trinajstić information content (AvgIpc) is 2.56. The standard InChI is InChI=1S/C17H19FN2O3S/c1-12-5-3-4-6-13(12)9-10-20-17(21)15-11-14(7-8-16(15)18)24(22,23)19-2/h3-8,11,19H,9-10H2,1-2H3,(H,20,21). The Balaban J connectivity index is 2.10. The number of benzene rings is 2. The molecule has 0 unspecified atom stereocenters. The van der Waals surface area contributed by atoms with Gasteiger partial charge in [0.15, 0.2) is 0 Å². The normalized spacial score (nSPS) is 11.3. The van der Waals surface area contributed by atoms with E-state index in [2.05, 4.69) is 10.0 Å². The number of hydrogen-bond acceptors (Lipinski definition) is 3. The van der Waals surface area contributed by atoms with E-state index < -0.39 is 21.7 Å².